The van der Waals surface area contributed by atoms with Crippen molar-refractivity contribution in [3.63, 3.8) is 0 Å². The summed E-state index contributed by atoms with van der Waals surface area (Å²) in [5.41, 5.74) is 1.07. The van der Waals surface area contributed by atoms with Crippen molar-refractivity contribution >= 4 is 17.4 Å². The molecule has 0 saturated carbocycles. The Balaban J connectivity index is 2.64. The third-order valence-corrected chi connectivity index (χ3v) is 2.88. The minimum Gasteiger partial charge on any atom is -0.369 e. The first-order valence-corrected chi connectivity index (χ1v) is 6.05. The smallest absolute Gasteiger partial charge is 0.137 e. The Hall–Kier alpha value is -0.870. The SMILES string of the molecule is Cc1c(Cl)ncnc1NCC(C)(C)CN(C)C. The summed E-state index contributed by atoms with van der Waals surface area (Å²) in [6.07, 6.45) is 1.48. The molecule has 0 fully saturated rings. The second-order valence-corrected chi connectivity index (χ2v) is 5.75. The molecule has 0 aliphatic carbocycles. The molecule has 1 aromatic rings. The van der Waals surface area contributed by atoms with Crippen molar-refractivity contribution in [2.75, 3.05) is 32.5 Å². The van der Waals surface area contributed by atoms with Crippen molar-refractivity contribution in [1.82, 2.24) is 14.9 Å². The highest BCUT2D eigenvalue weighted by molar-refractivity contribution is 6.30. The van der Waals surface area contributed by atoms with Crippen LogP contribution in [0.4, 0.5) is 5.82 Å². The lowest BCUT2D eigenvalue weighted by molar-refractivity contribution is 0.254. The zero-order valence-corrected chi connectivity index (χ0v) is 12.0. The van der Waals surface area contributed by atoms with E-state index in [1.54, 1.807) is 0 Å². The van der Waals surface area contributed by atoms with Gasteiger partial charge in [0.15, 0.2) is 0 Å². The summed E-state index contributed by atoms with van der Waals surface area (Å²) in [7, 11) is 4.16. The molecule has 0 atom stereocenters. The van der Waals surface area contributed by atoms with Crippen molar-refractivity contribution in [3.05, 3.63) is 17.0 Å². The highest BCUT2D eigenvalue weighted by Crippen LogP contribution is 2.21. The lowest BCUT2D eigenvalue weighted by Gasteiger charge is -2.28. The molecule has 0 amide bonds. The summed E-state index contributed by atoms with van der Waals surface area (Å²) in [6, 6.07) is 0. The van der Waals surface area contributed by atoms with Crippen molar-refractivity contribution in [2.45, 2.75) is 20.8 Å². The molecule has 0 aromatic carbocycles. The summed E-state index contributed by atoms with van der Waals surface area (Å²) in [6.45, 7) is 8.22. The predicted octanol–water partition coefficient (Wildman–Crippen LogP) is 2.44. The monoisotopic (exact) mass is 256 g/mol. The first-order valence-electron chi connectivity index (χ1n) is 5.67. The Bertz CT molecular complexity index is 377. The molecular weight excluding hydrogens is 236 g/mol. The van der Waals surface area contributed by atoms with Gasteiger partial charge in [0.05, 0.1) is 0 Å². The zero-order valence-electron chi connectivity index (χ0n) is 11.2. The van der Waals surface area contributed by atoms with Gasteiger partial charge in [-0.15, -0.1) is 0 Å². The zero-order chi connectivity index (χ0) is 13.1. The van der Waals surface area contributed by atoms with Crippen LogP contribution in [0.5, 0.6) is 0 Å². The number of hydrogen-bond acceptors (Lipinski definition) is 4. The van der Waals surface area contributed by atoms with Crippen LogP contribution in [0.25, 0.3) is 0 Å². The second-order valence-electron chi connectivity index (χ2n) is 5.39. The van der Waals surface area contributed by atoms with Gasteiger partial charge < -0.3 is 10.2 Å². The van der Waals surface area contributed by atoms with Crippen LogP contribution >= 0.6 is 11.6 Å². The normalized spacial score (nSPS) is 11.9. The Labute approximate surface area is 108 Å². The van der Waals surface area contributed by atoms with E-state index < -0.39 is 0 Å². The van der Waals surface area contributed by atoms with Crippen LogP contribution in [-0.4, -0.2) is 42.1 Å². The second kappa shape index (κ2) is 5.65. The van der Waals surface area contributed by atoms with Crippen LogP contribution in [0.15, 0.2) is 6.33 Å². The topological polar surface area (TPSA) is 41.1 Å². The maximum atomic E-state index is 5.95. The minimum absolute atomic E-state index is 0.174. The molecule has 1 rings (SSSR count). The van der Waals surface area contributed by atoms with Crippen LogP contribution in [0.1, 0.15) is 19.4 Å². The van der Waals surface area contributed by atoms with E-state index in [9.17, 15) is 0 Å². The van der Waals surface area contributed by atoms with Gasteiger partial charge in [-0.1, -0.05) is 25.4 Å². The molecule has 96 valence electrons. The molecule has 0 radical (unpaired) electrons. The van der Waals surface area contributed by atoms with E-state index in [0.717, 1.165) is 24.5 Å². The van der Waals surface area contributed by atoms with E-state index in [0.29, 0.717) is 5.15 Å². The van der Waals surface area contributed by atoms with Crippen LogP contribution in [0.3, 0.4) is 0 Å². The maximum absolute atomic E-state index is 5.95. The Kier molecular flexibility index (Phi) is 4.71. The first-order chi connectivity index (χ1) is 7.82. The van der Waals surface area contributed by atoms with Crippen molar-refractivity contribution < 1.29 is 0 Å². The summed E-state index contributed by atoms with van der Waals surface area (Å²) in [4.78, 5) is 10.3. The molecule has 17 heavy (non-hydrogen) atoms. The van der Waals surface area contributed by atoms with Crippen LogP contribution in [0.2, 0.25) is 5.15 Å². The average molecular weight is 257 g/mol. The number of hydrogen-bond donors (Lipinski definition) is 1. The van der Waals surface area contributed by atoms with Crippen LogP contribution < -0.4 is 5.32 Å². The Morgan fingerprint density at radius 3 is 2.59 bits per heavy atom. The average Bonchev–Trinajstić information content (AvgIpc) is 2.18. The number of aromatic nitrogens is 2. The van der Waals surface area contributed by atoms with Gasteiger partial charge >= 0.3 is 0 Å². The lowest BCUT2D eigenvalue weighted by Crippen LogP contribution is -2.34. The summed E-state index contributed by atoms with van der Waals surface area (Å²) >= 11 is 5.95. The highest BCUT2D eigenvalue weighted by Gasteiger charge is 2.19. The molecule has 1 heterocycles. The molecule has 1 aromatic heterocycles. The minimum atomic E-state index is 0.174. The van der Waals surface area contributed by atoms with E-state index in [4.69, 9.17) is 11.6 Å². The fourth-order valence-corrected chi connectivity index (χ4v) is 1.97. The largest absolute Gasteiger partial charge is 0.369 e. The first kappa shape index (κ1) is 14.2. The Morgan fingerprint density at radius 2 is 2.00 bits per heavy atom. The molecule has 0 bridgehead atoms. The third kappa shape index (κ3) is 4.48. The number of rotatable bonds is 5. The quantitative estimate of drug-likeness (QED) is 0.822. The molecular formula is C12H21ClN4. The molecule has 1 N–H and O–H groups in total. The van der Waals surface area contributed by atoms with Gasteiger partial charge in [-0.25, -0.2) is 9.97 Å². The lowest BCUT2D eigenvalue weighted by atomic mass is 9.93. The number of nitrogens with zero attached hydrogens (tertiary/aromatic N) is 3. The van der Waals surface area contributed by atoms with E-state index in [1.807, 2.05) is 6.92 Å². The van der Waals surface area contributed by atoms with E-state index in [2.05, 4.69) is 48.1 Å². The van der Waals surface area contributed by atoms with Crippen molar-refractivity contribution in [2.24, 2.45) is 5.41 Å². The van der Waals surface area contributed by atoms with Gasteiger partial charge in [-0.05, 0) is 26.4 Å². The molecule has 0 spiro atoms. The fourth-order valence-electron chi connectivity index (χ4n) is 1.84. The molecule has 5 heteroatoms. The van der Waals surface area contributed by atoms with E-state index in [-0.39, 0.29) is 5.41 Å². The van der Waals surface area contributed by atoms with Crippen molar-refractivity contribution in [1.29, 1.82) is 0 Å². The highest BCUT2D eigenvalue weighted by atomic mass is 35.5. The molecule has 0 aliphatic rings. The van der Waals surface area contributed by atoms with Gasteiger partial charge in [0.1, 0.15) is 17.3 Å². The van der Waals surface area contributed by atoms with E-state index in [1.165, 1.54) is 6.33 Å². The summed E-state index contributed by atoms with van der Waals surface area (Å²) in [5, 5.41) is 3.84. The molecule has 0 aliphatic heterocycles. The summed E-state index contributed by atoms with van der Waals surface area (Å²) < 4.78 is 0. The molecule has 0 saturated heterocycles. The molecule has 0 unspecified atom stereocenters. The van der Waals surface area contributed by atoms with E-state index >= 15 is 0 Å². The third-order valence-electron chi connectivity index (χ3n) is 2.50. The van der Waals surface area contributed by atoms with Crippen molar-refractivity contribution in [3.8, 4) is 0 Å². The number of nitrogens with one attached hydrogen (secondary N) is 1. The molecule has 4 nitrogen and oxygen atoms in total. The number of halogens is 1. The predicted molar refractivity (Wildman–Crippen MR) is 72.6 cm³/mol. The van der Waals surface area contributed by atoms with Gasteiger partial charge in [0.2, 0.25) is 0 Å². The van der Waals surface area contributed by atoms with Gasteiger partial charge in [-0.2, -0.15) is 0 Å². The van der Waals surface area contributed by atoms with Crippen LogP contribution in [-0.2, 0) is 0 Å². The maximum Gasteiger partial charge on any atom is 0.137 e. The van der Waals surface area contributed by atoms with Gasteiger partial charge in [-0.3, -0.25) is 0 Å². The van der Waals surface area contributed by atoms with Gasteiger partial charge in [0.25, 0.3) is 0 Å². The number of anilines is 1. The standard InChI is InChI=1S/C12H21ClN4/c1-9-10(13)15-8-16-11(9)14-6-12(2,3)7-17(4)5/h8H,6-7H2,1-5H3,(H,14,15,16). The Morgan fingerprint density at radius 1 is 1.35 bits per heavy atom. The fraction of sp³-hybridized carbons (Fsp3) is 0.667. The summed E-state index contributed by atoms with van der Waals surface area (Å²) in [5.74, 6) is 0.817. The van der Waals surface area contributed by atoms with Gasteiger partial charge in [0, 0.05) is 18.7 Å². The van der Waals surface area contributed by atoms with Crippen LogP contribution in [0, 0.1) is 12.3 Å².